The van der Waals surface area contributed by atoms with Crippen LogP contribution in [0.25, 0.3) is 10.9 Å². The van der Waals surface area contributed by atoms with Crippen LogP contribution in [0.5, 0.6) is 0 Å². The quantitative estimate of drug-likeness (QED) is 0.914. The molecule has 1 N–H and O–H groups in total. The number of rotatable bonds is 3. The molecule has 0 saturated carbocycles. The Morgan fingerprint density at radius 3 is 3.00 bits per heavy atom. The Bertz CT molecular complexity index is 576. The molecule has 3 rings (SSSR count). The van der Waals surface area contributed by atoms with E-state index in [1.165, 1.54) is 10.9 Å². The van der Waals surface area contributed by atoms with Crippen LogP contribution in [-0.4, -0.2) is 24.2 Å². The van der Waals surface area contributed by atoms with Gasteiger partial charge in [-0.2, -0.15) is 0 Å². The van der Waals surface area contributed by atoms with E-state index in [9.17, 15) is 0 Å². The Hall–Kier alpha value is -1.61. The van der Waals surface area contributed by atoms with E-state index in [-0.39, 0.29) is 0 Å². The number of anilines is 1. The van der Waals surface area contributed by atoms with E-state index in [2.05, 4.69) is 43.4 Å². The standard InChI is InChI=1S/C16H20N2O/c1-11-9-13-5-3-4-6-15(13)18-16(11)17-12(2)14-7-8-19-10-14/h3-6,9,12,14H,7-8,10H2,1-2H3,(H,17,18). The lowest BCUT2D eigenvalue weighted by atomic mass is 10.0. The third-order valence-corrected chi connectivity index (χ3v) is 3.95. The third-order valence-electron chi connectivity index (χ3n) is 3.95. The van der Waals surface area contributed by atoms with Crippen LogP contribution in [0.15, 0.2) is 30.3 Å². The molecule has 2 heterocycles. The smallest absolute Gasteiger partial charge is 0.129 e. The second-order valence-corrected chi connectivity index (χ2v) is 5.40. The Morgan fingerprint density at radius 1 is 1.37 bits per heavy atom. The van der Waals surface area contributed by atoms with E-state index in [1.807, 2.05) is 6.07 Å². The summed E-state index contributed by atoms with van der Waals surface area (Å²) in [6.45, 7) is 6.08. The summed E-state index contributed by atoms with van der Waals surface area (Å²) in [5.74, 6) is 1.59. The van der Waals surface area contributed by atoms with Crippen molar-refractivity contribution < 1.29 is 4.74 Å². The molecule has 0 amide bonds. The fourth-order valence-corrected chi connectivity index (χ4v) is 2.65. The molecule has 2 aromatic rings. The number of nitrogens with one attached hydrogen (secondary N) is 1. The van der Waals surface area contributed by atoms with E-state index in [0.29, 0.717) is 12.0 Å². The summed E-state index contributed by atoms with van der Waals surface area (Å²) in [7, 11) is 0. The number of hydrogen-bond donors (Lipinski definition) is 1. The molecule has 3 heteroatoms. The zero-order valence-electron chi connectivity index (χ0n) is 11.5. The molecule has 3 nitrogen and oxygen atoms in total. The molecule has 2 unspecified atom stereocenters. The summed E-state index contributed by atoms with van der Waals surface area (Å²) < 4.78 is 5.46. The lowest BCUT2D eigenvalue weighted by Crippen LogP contribution is -2.27. The summed E-state index contributed by atoms with van der Waals surface area (Å²) in [5, 5.41) is 4.75. The van der Waals surface area contributed by atoms with Gasteiger partial charge in [0.25, 0.3) is 0 Å². The molecule has 0 spiro atoms. The highest BCUT2D eigenvalue weighted by atomic mass is 16.5. The maximum absolute atomic E-state index is 5.46. The number of nitrogens with zero attached hydrogens (tertiary/aromatic N) is 1. The van der Waals surface area contributed by atoms with Crippen molar-refractivity contribution in [3.63, 3.8) is 0 Å². The Balaban J connectivity index is 1.85. The molecule has 1 fully saturated rings. The van der Waals surface area contributed by atoms with Crippen molar-refractivity contribution in [1.82, 2.24) is 4.98 Å². The minimum atomic E-state index is 0.398. The molecule has 1 aromatic carbocycles. The highest BCUT2D eigenvalue weighted by Crippen LogP contribution is 2.23. The predicted octanol–water partition coefficient (Wildman–Crippen LogP) is 3.38. The van der Waals surface area contributed by atoms with Gasteiger partial charge in [-0.15, -0.1) is 0 Å². The maximum Gasteiger partial charge on any atom is 0.129 e. The van der Waals surface area contributed by atoms with Crippen LogP contribution < -0.4 is 5.32 Å². The number of ether oxygens (including phenoxy) is 1. The second kappa shape index (κ2) is 5.17. The number of aryl methyl sites for hydroxylation is 1. The average molecular weight is 256 g/mol. The molecule has 19 heavy (non-hydrogen) atoms. The summed E-state index contributed by atoms with van der Waals surface area (Å²) in [4.78, 5) is 4.73. The van der Waals surface area contributed by atoms with Crippen LogP contribution in [0.3, 0.4) is 0 Å². The van der Waals surface area contributed by atoms with Gasteiger partial charge in [0.15, 0.2) is 0 Å². The summed E-state index contributed by atoms with van der Waals surface area (Å²) in [6.07, 6.45) is 1.14. The van der Waals surface area contributed by atoms with Gasteiger partial charge in [-0.1, -0.05) is 18.2 Å². The summed E-state index contributed by atoms with van der Waals surface area (Å²) >= 11 is 0. The molecule has 1 aromatic heterocycles. The van der Waals surface area contributed by atoms with Gasteiger partial charge in [0.2, 0.25) is 0 Å². The van der Waals surface area contributed by atoms with Crippen molar-refractivity contribution in [2.75, 3.05) is 18.5 Å². The molecule has 0 bridgehead atoms. The number of benzene rings is 1. The van der Waals surface area contributed by atoms with Crippen LogP contribution in [0.4, 0.5) is 5.82 Å². The zero-order valence-corrected chi connectivity index (χ0v) is 11.5. The van der Waals surface area contributed by atoms with E-state index in [0.717, 1.165) is 31.0 Å². The fraction of sp³-hybridized carbons (Fsp3) is 0.438. The zero-order chi connectivity index (χ0) is 13.2. The van der Waals surface area contributed by atoms with E-state index >= 15 is 0 Å². The largest absolute Gasteiger partial charge is 0.381 e. The lowest BCUT2D eigenvalue weighted by Gasteiger charge is -2.21. The second-order valence-electron chi connectivity index (χ2n) is 5.40. The number of aromatic nitrogens is 1. The van der Waals surface area contributed by atoms with Gasteiger partial charge >= 0.3 is 0 Å². The van der Waals surface area contributed by atoms with E-state index in [4.69, 9.17) is 9.72 Å². The third kappa shape index (κ3) is 2.56. The summed E-state index contributed by atoms with van der Waals surface area (Å²) in [5.41, 5.74) is 2.25. The van der Waals surface area contributed by atoms with Crippen LogP contribution in [0, 0.1) is 12.8 Å². The Morgan fingerprint density at radius 2 is 2.21 bits per heavy atom. The van der Waals surface area contributed by atoms with Crippen LogP contribution in [-0.2, 0) is 4.74 Å². The normalized spacial score (nSPS) is 20.6. The SMILES string of the molecule is Cc1cc2ccccc2nc1NC(C)C1CCOC1. The predicted molar refractivity (Wildman–Crippen MR) is 78.5 cm³/mol. The van der Waals surface area contributed by atoms with Crippen LogP contribution in [0.1, 0.15) is 18.9 Å². The van der Waals surface area contributed by atoms with Crippen LogP contribution in [0.2, 0.25) is 0 Å². The van der Waals surface area contributed by atoms with Crippen molar-refractivity contribution >= 4 is 16.7 Å². The number of fused-ring (bicyclic) bond motifs is 1. The van der Waals surface area contributed by atoms with Gasteiger partial charge in [-0.05, 0) is 38.0 Å². The number of hydrogen-bond acceptors (Lipinski definition) is 3. The molecule has 0 aliphatic carbocycles. The van der Waals surface area contributed by atoms with Gasteiger partial charge in [-0.25, -0.2) is 4.98 Å². The Labute approximate surface area is 114 Å². The van der Waals surface area contributed by atoms with Gasteiger partial charge in [0.1, 0.15) is 5.82 Å². The molecular weight excluding hydrogens is 236 g/mol. The average Bonchev–Trinajstić information content (AvgIpc) is 2.93. The molecular formula is C16H20N2O. The first-order valence-corrected chi connectivity index (χ1v) is 6.95. The molecule has 100 valence electrons. The topological polar surface area (TPSA) is 34.2 Å². The first-order valence-electron chi connectivity index (χ1n) is 6.95. The minimum Gasteiger partial charge on any atom is -0.381 e. The highest BCUT2D eigenvalue weighted by molar-refractivity contribution is 5.81. The van der Waals surface area contributed by atoms with Crippen molar-refractivity contribution in [2.45, 2.75) is 26.3 Å². The summed E-state index contributed by atoms with van der Waals surface area (Å²) in [6, 6.07) is 10.8. The fourth-order valence-electron chi connectivity index (χ4n) is 2.65. The molecule has 0 radical (unpaired) electrons. The number of pyridine rings is 1. The van der Waals surface area contributed by atoms with E-state index in [1.54, 1.807) is 0 Å². The maximum atomic E-state index is 5.46. The first-order chi connectivity index (χ1) is 9.24. The van der Waals surface area contributed by atoms with Crippen molar-refractivity contribution in [2.24, 2.45) is 5.92 Å². The van der Waals surface area contributed by atoms with Gasteiger partial charge in [-0.3, -0.25) is 0 Å². The monoisotopic (exact) mass is 256 g/mol. The number of para-hydroxylation sites is 1. The Kier molecular flexibility index (Phi) is 3.38. The highest BCUT2D eigenvalue weighted by Gasteiger charge is 2.22. The van der Waals surface area contributed by atoms with Crippen molar-refractivity contribution in [3.8, 4) is 0 Å². The lowest BCUT2D eigenvalue weighted by molar-refractivity contribution is 0.183. The molecule has 1 saturated heterocycles. The van der Waals surface area contributed by atoms with Gasteiger partial charge in [0.05, 0.1) is 12.1 Å². The van der Waals surface area contributed by atoms with Crippen molar-refractivity contribution in [3.05, 3.63) is 35.9 Å². The molecule has 1 aliphatic rings. The first kappa shape index (κ1) is 12.4. The van der Waals surface area contributed by atoms with Gasteiger partial charge in [0, 0.05) is 24.0 Å². The van der Waals surface area contributed by atoms with Gasteiger partial charge < -0.3 is 10.1 Å². The van der Waals surface area contributed by atoms with E-state index < -0.39 is 0 Å². The minimum absolute atomic E-state index is 0.398. The molecule has 2 atom stereocenters. The molecule has 1 aliphatic heterocycles. The van der Waals surface area contributed by atoms with Crippen LogP contribution >= 0.6 is 0 Å². The van der Waals surface area contributed by atoms with Crippen molar-refractivity contribution in [1.29, 1.82) is 0 Å².